The Kier molecular flexibility index (Phi) is 5.82. The maximum atomic E-state index is 10.7. The molecule has 0 spiro atoms. The van der Waals surface area contributed by atoms with Crippen LogP contribution < -0.4 is 0 Å². The van der Waals surface area contributed by atoms with Crippen LogP contribution in [0, 0.1) is 0 Å². The summed E-state index contributed by atoms with van der Waals surface area (Å²) in [5, 5.41) is 17.4. The Balaban J connectivity index is 3.48. The van der Waals surface area contributed by atoms with Gasteiger partial charge in [-0.3, -0.25) is 0 Å². The lowest BCUT2D eigenvalue weighted by molar-refractivity contribution is -0.161. The Morgan fingerprint density at radius 2 is 1.29 bits per heavy atom. The predicted molar refractivity (Wildman–Crippen MR) is 45.3 cm³/mol. The normalized spacial score (nSPS) is 14.3. The monoisotopic (exact) mass is 206 g/mol. The van der Waals surface area contributed by atoms with E-state index < -0.39 is 24.1 Å². The maximum absolute atomic E-state index is 10.7. The number of carbonyl (C=O) groups is 2. The predicted octanol–water partition coefficient (Wildman–Crippen LogP) is -1.17. The van der Waals surface area contributed by atoms with Crippen molar-refractivity contribution in [3.63, 3.8) is 0 Å². The summed E-state index contributed by atoms with van der Waals surface area (Å²) in [5.74, 6) is -1.56. The van der Waals surface area contributed by atoms with Crippen molar-refractivity contribution in [1.82, 2.24) is 0 Å². The molecule has 0 aromatic rings. The standard InChI is InChI=1S/C8H14O6/c1-5(9)7(11)13-3-4-14-8(12)6(2)10/h5-6,9-10H,3-4H2,1-2H3. The average Bonchev–Trinajstić information content (AvgIpc) is 2.11. The first-order valence-corrected chi connectivity index (χ1v) is 4.14. The van der Waals surface area contributed by atoms with E-state index in [0.717, 1.165) is 0 Å². The number of hydrogen-bond donors (Lipinski definition) is 2. The van der Waals surface area contributed by atoms with Gasteiger partial charge in [0.25, 0.3) is 0 Å². The third-order valence-corrected chi connectivity index (χ3v) is 1.25. The molecule has 0 radical (unpaired) electrons. The molecule has 2 unspecified atom stereocenters. The van der Waals surface area contributed by atoms with Crippen molar-refractivity contribution in [3.8, 4) is 0 Å². The smallest absolute Gasteiger partial charge is 0.334 e. The minimum absolute atomic E-state index is 0.137. The zero-order valence-electron chi connectivity index (χ0n) is 8.10. The van der Waals surface area contributed by atoms with Gasteiger partial charge >= 0.3 is 11.9 Å². The van der Waals surface area contributed by atoms with E-state index in [4.69, 9.17) is 10.2 Å². The van der Waals surface area contributed by atoms with E-state index in [9.17, 15) is 9.59 Å². The molecule has 14 heavy (non-hydrogen) atoms. The van der Waals surface area contributed by atoms with Gasteiger partial charge in [-0.05, 0) is 13.8 Å². The zero-order chi connectivity index (χ0) is 11.1. The van der Waals surface area contributed by atoms with Crippen LogP contribution >= 0.6 is 0 Å². The van der Waals surface area contributed by atoms with Crippen molar-refractivity contribution in [2.45, 2.75) is 26.1 Å². The molecule has 0 rings (SSSR count). The Bertz CT molecular complexity index is 176. The molecule has 0 fully saturated rings. The molecule has 2 N–H and O–H groups in total. The van der Waals surface area contributed by atoms with Crippen LogP contribution in [-0.2, 0) is 19.1 Å². The summed E-state index contributed by atoms with van der Waals surface area (Å²) in [4.78, 5) is 21.3. The van der Waals surface area contributed by atoms with Gasteiger partial charge in [-0.15, -0.1) is 0 Å². The van der Waals surface area contributed by atoms with Crippen LogP contribution in [0.4, 0.5) is 0 Å². The molecule has 0 aliphatic carbocycles. The van der Waals surface area contributed by atoms with Gasteiger partial charge in [0.2, 0.25) is 0 Å². The molecular formula is C8H14O6. The lowest BCUT2D eigenvalue weighted by atomic mass is 10.4. The van der Waals surface area contributed by atoms with E-state index in [1.165, 1.54) is 13.8 Å². The fraction of sp³-hybridized carbons (Fsp3) is 0.750. The first-order valence-electron chi connectivity index (χ1n) is 4.14. The van der Waals surface area contributed by atoms with Crippen molar-refractivity contribution in [1.29, 1.82) is 0 Å². The molecule has 2 atom stereocenters. The molecule has 82 valence electrons. The maximum Gasteiger partial charge on any atom is 0.334 e. The fourth-order valence-corrected chi connectivity index (χ4v) is 0.526. The van der Waals surface area contributed by atoms with Crippen LogP contribution in [-0.4, -0.2) is 47.6 Å². The molecule has 6 nitrogen and oxygen atoms in total. The average molecular weight is 206 g/mol. The summed E-state index contributed by atoms with van der Waals surface area (Å²) >= 11 is 0. The molecule has 0 aliphatic heterocycles. The Morgan fingerprint density at radius 3 is 1.50 bits per heavy atom. The van der Waals surface area contributed by atoms with Crippen LogP contribution in [0.5, 0.6) is 0 Å². The minimum Gasteiger partial charge on any atom is -0.460 e. The second-order valence-electron chi connectivity index (χ2n) is 2.69. The Labute approximate surface area is 81.4 Å². The summed E-state index contributed by atoms with van der Waals surface area (Å²) in [7, 11) is 0. The quantitative estimate of drug-likeness (QED) is 0.435. The highest BCUT2D eigenvalue weighted by atomic mass is 16.6. The first kappa shape index (κ1) is 12.9. The highest BCUT2D eigenvalue weighted by molar-refractivity contribution is 5.74. The topological polar surface area (TPSA) is 93.1 Å². The number of hydrogen-bond acceptors (Lipinski definition) is 6. The molecule has 0 aliphatic rings. The van der Waals surface area contributed by atoms with Gasteiger partial charge in [-0.25, -0.2) is 9.59 Å². The second-order valence-corrected chi connectivity index (χ2v) is 2.69. The van der Waals surface area contributed by atoms with E-state index in [1.807, 2.05) is 0 Å². The van der Waals surface area contributed by atoms with Gasteiger partial charge in [-0.2, -0.15) is 0 Å². The summed E-state index contributed by atoms with van der Waals surface area (Å²) in [5.41, 5.74) is 0. The molecular weight excluding hydrogens is 192 g/mol. The van der Waals surface area contributed by atoms with Crippen molar-refractivity contribution in [2.24, 2.45) is 0 Å². The molecule has 0 saturated carbocycles. The van der Waals surface area contributed by atoms with Crippen molar-refractivity contribution < 1.29 is 29.3 Å². The molecule has 0 aromatic heterocycles. The zero-order valence-corrected chi connectivity index (χ0v) is 8.10. The number of esters is 2. The van der Waals surface area contributed by atoms with Gasteiger partial charge in [-0.1, -0.05) is 0 Å². The number of rotatable bonds is 5. The van der Waals surface area contributed by atoms with E-state index in [2.05, 4.69) is 9.47 Å². The van der Waals surface area contributed by atoms with Gasteiger partial charge in [0.1, 0.15) is 25.4 Å². The van der Waals surface area contributed by atoms with Gasteiger partial charge in [0.05, 0.1) is 0 Å². The molecule has 0 bridgehead atoms. The third-order valence-electron chi connectivity index (χ3n) is 1.25. The van der Waals surface area contributed by atoms with E-state index in [0.29, 0.717) is 0 Å². The van der Waals surface area contributed by atoms with Gasteiger partial charge in [0, 0.05) is 0 Å². The van der Waals surface area contributed by atoms with Gasteiger partial charge in [0.15, 0.2) is 0 Å². The Hall–Kier alpha value is -1.14. The number of ether oxygens (including phenoxy) is 2. The molecule has 0 aromatic carbocycles. The number of aliphatic hydroxyl groups is 2. The minimum atomic E-state index is -1.19. The van der Waals surface area contributed by atoms with Gasteiger partial charge < -0.3 is 19.7 Å². The van der Waals surface area contributed by atoms with Crippen LogP contribution in [0.3, 0.4) is 0 Å². The van der Waals surface area contributed by atoms with E-state index >= 15 is 0 Å². The molecule has 0 heterocycles. The Morgan fingerprint density at radius 1 is 1.00 bits per heavy atom. The summed E-state index contributed by atoms with van der Waals surface area (Å²) in [6.07, 6.45) is -2.38. The van der Waals surface area contributed by atoms with E-state index in [1.54, 1.807) is 0 Å². The molecule has 0 amide bonds. The third kappa shape index (κ3) is 5.50. The molecule has 6 heteroatoms. The summed E-state index contributed by atoms with van der Waals surface area (Å²) in [6.45, 7) is 2.26. The highest BCUT2D eigenvalue weighted by Gasteiger charge is 2.12. The number of carbonyl (C=O) groups excluding carboxylic acids is 2. The largest absolute Gasteiger partial charge is 0.460 e. The van der Waals surface area contributed by atoms with Crippen LogP contribution in [0.2, 0.25) is 0 Å². The summed E-state index contributed by atoms with van der Waals surface area (Å²) < 4.78 is 8.97. The fourth-order valence-electron chi connectivity index (χ4n) is 0.526. The molecule has 0 saturated heterocycles. The highest BCUT2D eigenvalue weighted by Crippen LogP contribution is 1.89. The summed E-state index contributed by atoms with van der Waals surface area (Å²) in [6, 6.07) is 0. The second kappa shape index (κ2) is 6.33. The SMILES string of the molecule is CC(O)C(=O)OCCOC(=O)C(C)O. The van der Waals surface area contributed by atoms with E-state index in [-0.39, 0.29) is 13.2 Å². The lowest BCUT2D eigenvalue weighted by Gasteiger charge is -2.08. The first-order chi connectivity index (χ1) is 6.45. The van der Waals surface area contributed by atoms with Crippen LogP contribution in [0.1, 0.15) is 13.8 Å². The number of aliphatic hydroxyl groups excluding tert-OH is 2. The van der Waals surface area contributed by atoms with Crippen LogP contribution in [0.25, 0.3) is 0 Å². The lowest BCUT2D eigenvalue weighted by Crippen LogP contribution is -2.24. The van der Waals surface area contributed by atoms with Crippen molar-refractivity contribution in [3.05, 3.63) is 0 Å². The van der Waals surface area contributed by atoms with Crippen molar-refractivity contribution >= 4 is 11.9 Å². The van der Waals surface area contributed by atoms with Crippen LogP contribution in [0.15, 0.2) is 0 Å². The van der Waals surface area contributed by atoms with Crippen molar-refractivity contribution in [2.75, 3.05) is 13.2 Å².